The highest BCUT2D eigenvalue weighted by molar-refractivity contribution is 5.98. The Morgan fingerprint density at radius 1 is 1.19 bits per heavy atom. The topological polar surface area (TPSA) is 59.2 Å². The second-order valence-corrected chi connectivity index (χ2v) is 3.58. The molecule has 0 amide bonds. The van der Waals surface area contributed by atoms with E-state index in [9.17, 15) is 9.59 Å². The molecule has 0 aliphatic rings. The lowest BCUT2D eigenvalue weighted by Crippen LogP contribution is -2.00. The van der Waals surface area contributed by atoms with Gasteiger partial charge in [-0.2, -0.15) is 0 Å². The van der Waals surface area contributed by atoms with Crippen LogP contribution < -0.4 is 4.74 Å². The molecule has 0 aliphatic carbocycles. The van der Waals surface area contributed by atoms with E-state index in [4.69, 9.17) is 4.74 Å². The molecule has 0 atom stereocenters. The third-order valence-electron chi connectivity index (χ3n) is 2.23. The number of hydrogen-bond donors (Lipinski definition) is 1. The SMILES string of the molecule is CC(=O)Oc1ccc2cc(C(C)=O)[nH]c2c1. The Bertz CT molecular complexity index is 569. The van der Waals surface area contributed by atoms with Crippen molar-refractivity contribution in [2.45, 2.75) is 13.8 Å². The van der Waals surface area contributed by atoms with E-state index < -0.39 is 0 Å². The van der Waals surface area contributed by atoms with Gasteiger partial charge in [0.2, 0.25) is 0 Å². The number of carbonyl (C=O) groups is 2. The fourth-order valence-corrected chi connectivity index (χ4v) is 1.53. The van der Waals surface area contributed by atoms with Gasteiger partial charge in [0.15, 0.2) is 5.78 Å². The number of aromatic amines is 1. The molecule has 0 saturated carbocycles. The maximum Gasteiger partial charge on any atom is 0.308 e. The van der Waals surface area contributed by atoms with Crippen molar-refractivity contribution in [3.05, 3.63) is 30.0 Å². The van der Waals surface area contributed by atoms with Gasteiger partial charge in [-0.15, -0.1) is 0 Å². The zero-order valence-electron chi connectivity index (χ0n) is 9.03. The molecule has 2 rings (SSSR count). The van der Waals surface area contributed by atoms with Crippen molar-refractivity contribution in [3.8, 4) is 5.75 Å². The summed E-state index contributed by atoms with van der Waals surface area (Å²) in [5.41, 5.74) is 1.33. The summed E-state index contributed by atoms with van der Waals surface area (Å²) in [5, 5.41) is 0.918. The first kappa shape index (κ1) is 10.4. The van der Waals surface area contributed by atoms with Crippen LogP contribution in [0.1, 0.15) is 24.3 Å². The van der Waals surface area contributed by atoms with E-state index in [0.717, 1.165) is 10.9 Å². The lowest BCUT2D eigenvalue weighted by Gasteiger charge is -1.99. The summed E-state index contributed by atoms with van der Waals surface area (Å²) in [4.78, 5) is 24.9. The summed E-state index contributed by atoms with van der Waals surface area (Å²) < 4.78 is 4.95. The fourth-order valence-electron chi connectivity index (χ4n) is 1.53. The highest BCUT2D eigenvalue weighted by atomic mass is 16.5. The molecule has 82 valence electrons. The van der Waals surface area contributed by atoms with Crippen LogP contribution in [0.15, 0.2) is 24.3 Å². The van der Waals surface area contributed by atoms with Gasteiger partial charge in [0.05, 0.1) is 5.69 Å². The number of fused-ring (bicyclic) bond motifs is 1. The Labute approximate surface area is 92.2 Å². The number of esters is 1. The van der Waals surface area contributed by atoms with Gasteiger partial charge in [-0.1, -0.05) is 0 Å². The van der Waals surface area contributed by atoms with E-state index in [1.807, 2.05) is 0 Å². The first-order valence-corrected chi connectivity index (χ1v) is 4.88. The predicted molar refractivity (Wildman–Crippen MR) is 59.6 cm³/mol. The van der Waals surface area contributed by atoms with Gasteiger partial charge in [-0.3, -0.25) is 9.59 Å². The summed E-state index contributed by atoms with van der Waals surface area (Å²) >= 11 is 0. The molecule has 16 heavy (non-hydrogen) atoms. The van der Waals surface area contributed by atoms with Crippen LogP contribution in [-0.4, -0.2) is 16.7 Å². The molecule has 4 heteroatoms. The molecule has 1 aromatic carbocycles. The number of Topliss-reactive ketones (excluding diaryl/α,β-unsaturated/α-hetero) is 1. The molecule has 0 spiro atoms. The third kappa shape index (κ3) is 1.95. The van der Waals surface area contributed by atoms with Crippen LogP contribution in [-0.2, 0) is 4.79 Å². The highest BCUT2D eigenvalue weighted by Crippen LogP contribution is 2.21. The van der Waals surface area contributed by atoms with Gasteiger partial charge in [0.1, 0.15) is 5.75 Å². The van der Waals surface area contributed by atoms with E-state index in [-0.39, 0.29) is 11.8 Å². The maximum absolute atomic E-state index is 11.2. The summed E-state index contributed by atoms with van der Waals surface area (Å²) in [5.74, 6) is 0.0832. The van der Waals surface area contributed by atoms with Crippen molar-refractivity contribution < 1.29 is 14.3 Å². The number of ketones is 1. The predicted octanol–water partition coefficient (Wildman–Crippen LogP) is 2.30. The molecule has 0 radical (unpaired) electrons. The number of rotatable bonds is 2. The van der Waals surface area contributed by atoms with Crippen LogP contribution in [0.2, 0.25) is 0 Å². The van der Waals surface area contributed by atoms with Crippen LogP contribution in [0.3, 0.4) is 0 Å². The molecule has 4 nitrogen and oxygen atoms in total. The Morgan fingerprint density at radius 2 is 1.94 bits per heavy atom. The van der Waals surface area contributed by atoms with Gasteiger partial charge in [0, 0.05) is 30.8 Å². The molecule has 0 bridgehead atoms. The second kappa shape index (κ2) is 3.81. The zero-order valence-corrected chi connectivity index (χ0v) is 9.03. The zero-order chi connectivity index (χ0) is 11.7. The van der Waals surface area contributed by atoms with Crippen molar-refractivity contribution in [3.63, 3.8) is 0 Å². The fraction of sp³-hybridized carbons (Fsp3) is 0.167. The molecule has 2 aromatic rings. The number of aromatic nitrogens is 1. The van der Waals surface area contributed by atoms with E-state index >= 15 is 0 Å². The lowest BCUT2D eigenvalue weighted by molar-refractivity contribution is -0.131. The minimum Gasteiger partial charge on any atom is -0.427 e. The molecule has 0 fully saturated rings. The number of benzene rings is 1. The largest absolute Gasteiger partial charge is 0.427 e. The molecular formula is C12H11NO3. The molecule has 1 heterocycles. The van der Waals surface area contributed by atoms with Crippen molar-refractivity contribution in [1.29, 1.82) is 0 Å². The first-order valence-electron chi connectivity index (χ1n) is 4.88. The number of H-pyrrole nitrogens is 1. The van der Waals surface area contributed by atoms with Crippen LogP contribution in [0.4, 0.5) is 0 Å². The van der Waals surface area contributed by atoms with Crippen molar-refractivity contribution >= 4 is 22.7 Å². The standard InChI is InChI=1S/C12H11NO3/c1-7(14)11-5-9-3-4-10(16-8(2)15)6-12(9)13-11/h3-6,13H,1-2H3. The Hall–Kier alpha value is -2.10. The van der Waals surface area contributed by atoms with Gasteiger partial charge in [-0.05, 0) is 18.2 Å². The summed E-state index contributed by atoms with van der Waals surface area (Å²) in [7, 11) is 0. The van der Waals surface area contributed by atoms with Crippen LogP contribution >= 0.6 is 0 Å². The smallest absolute Gasteiger partial charge is 0.308 e. The third-order valence-corrected chi connectivity index (χ3v) is 2.23. The van der Waals surface area contributed by atoms with Crippen molar-refractivity contribution in [1.82, 2.24) is 4.98 Å². The van der Waals surface area contributed by atoms with Crippen LogP contribution in [0.25, 0.3) is 10.9 Å². The van der Waals surface area contributed by atoms with Crippen LogP contribution in [0.5, 0.6) is 5.75 Å². The highest BCUT2D eigenvalue weighted by Gasteiger charge is 2.06. The quantitative estimate of drug-likeness (QED) is 0.477. The normalized spacial score (nSPS) is 10.4. The maximum atomic E-state index is 11.2. The molecule has 1 aromatic heterocycles. The average molecular weight is 217 g/mol. The number of hydrogen-bond acceptors (Lipinski definition) is 3. The van der Waals surface area contributed by atoms with Crippen LogP contribution in [0, 0.1) is 0 Å². The van der Waals surface area contributed by atoms with Crippen molar-refractivity contribution in [2.24, 2.45) is 0 Å². The van der Waals surface area contributed by atoms with E-state index in [2.05, 4.69) is 4.98 Å². The molecular weight excluding hydrogens is 206 g/mol. The Morgan fingerprint density at radius 3 is 2.56 bits per heavy atom. The van der Waals surface area contributed by atoms with Gasteiger partial charge in [-0.25, -0.2) is 0 Å². The average Bonchev–Trinajstić information content (AvgIpc) is 2.59. The van der Waals surface area contributed by atoms with E-state index in [0.29, 0.717) is 11.4 Å². The molecule has 0 aliphatic heterocycles. The van der Waals surface area contributed by atoms with E-state index in [1.54, 1.807) is 24.3 Å². The van der Waals surface area contributed by atoms with Gasteiger partial charge in [0.25, 0.3) is 0 Å². The second-order valence-electron chi connectivity index (χ2n) is 3.58. The summed E-state index contributed by atoms with van der Waals surface area (Å²) in [6, 6.07) is 6.97. The molecule has 0 saturated heterocycles. The summed E-state index contributed by atoms with van der Waals surface area (Å²) in [6.07, 6.45) is 0. The minimum absolute atomic E-state index is 0.0229. The molecule has 1 N–H and O–H groups in total. The summed E-state index contributed by atoms with van der Waals surface area (Å²) in [6.45, 7) is 2.84. The number of carbonyl (C=O) groups excluding carboxylic acids is 2. The van der Waals surface area contributed by atoms with Crippen molar-refractivity contribution in [2.75, 3.05) is 0 Å². The van der Waals surface area contributed by atoms with Gasteiger partial charge < -0.3 is 9.72 Å². The number of nitrogens with one attached hydrogen (secondary N) is 1. The Kier molecular flexibility index (Phi) is 2.48. The molecule has 0 unspecified atom stereocenters. The Balaban J connectivity index is 2.45. The minimum atomic E-state index is -0.363. The first-order chi connectivity index (χ1) is 7.56. The number of ether oxygens (including phenoxy) is 1. The van der Waals surface area contributed by atoms with Gasteiger partial charge >= 0.3 is 5.97 Å². The van der Waals surface area contributed by atoms with E-state index in [1.165, 1.54) is 13.8 Å². The monoisotopic (exact) mass is 217 g/mol. The lowest BCUT2D eigenvalue weighted by atomic mass is 10.2.